The maximum atomic E-state index is 11.7. The second kappa shape index (κ2) is 5.14. The van der Waals surface area contributed by atoms with Crippen molar-refractivity contribution in [1.29, 1.82) is 0 Å². The van der Waals surface area contributed by atoms with Crippen LogP contribution in [0.3, 0.4) is 0 Å². The highest BCUT2D eigenvalue weighted by atomic mass is 16.3. The molecule has 0 aliphatic rings. The van der Waals surface area contributed by atoms with E-state index in [-0.39, 0.29) is 5.91 Å². The van der Waals surface area contributed by atoms with Crippen LogP contribution in [0.5, 0.6) is 0 Å². The maximum Gasteiger partial charge on any atom is 0.246 e. The van der Waals surface area contributed by atoms with Gasteiger partial charge in [-0.15, -0.1) is 0 Å². The summed E-state index contributed by atoms with van der Waals surface area (Å²) in [6.07, 6.45) is 6.68. The number of hydrogen-bond acceptors (Lipinski definition) is 3. The molecule has 5 nitrogen and oxygen atoms in total. The van der Waals surface area contributed by atoms with Gasteiger partial charge in [-0.05, 0) is 19.9 Å². The van der Waals surface area contributed by atoms with Crippen LogP contribution in [0, 0.1) is 0 Å². The Bertz CT molecular complexity index is 416. The summed E-state index contributed by atoms with van der Waals surface area (Å²) in [5, 5.41) is 13.6. The van der Waals surface area contributed by atoms with E-state index in [0.717, 1.165) is 5.56 Å². The quantitative estimate of drug-likeness (QED) is 0.783. The number of aryl methyl sites for hydroxylation is 1. The van der Waals surface area contributed by atoms with Crippen molar-refractivity contribution in [3.05, 3.63) is 24.0 Å². The lowest BCUT2D eigenvalue weighted by Crippen LogP contribution is -2.38. The van der Waals surface area contributed by atoms with Crippen LogP contribution in [0.4, 0.5) is 0 Å². The largest absolute Gasteiger partial charge is 0.389 e. The first-order valence-corrected chi connectivity index (χ1v) is 5.42. The van der Waals surface area contributed by atoms with Crippen molar-refractivity contribution in [2.45, 2.75) is 19.4 Å². The highest BCUT2D eigenvalue weighted by molar-refractivity contribution is 5.91. The molecule has 17 heavy (non-hydrogen) atoms. The van der Waals surface area contributed by atoms with Crippen molar-refractivity contribution in [2.75, 3.05) is 13.6 Å². The van der Waals surface area contributed by atoms with Crippen molar-refractivity contribution in [3.8, 4) is 0 Å². The van der Waals surface area contributed by atoms with Gasteiger partial charge >= 0.3 is 0 Å². The highest BCUT2D eigenvalue weighted by Crippen LogP contribution is 2.05. The molecule has 1 N–H and O–H groups in total. The number of aliphatic hydroxyl groups is 1. The highest BCUT2D eigenvalue weighted by Gasteiger charge is 2.17. The number of nitrogens with zero attached hydrogens (tertiary/aromatic N) is 3. The lowest BCUT2D eigenvalue weighted by Gasteiger charge is -2.24. The van der Waals surface area contributed by atoms with Crippen molar-refractivity contribution in [2.24, 2.45) is 7.05 Å². The summed E-state index contributed by atoms with van der Waals surface area (Å²) >= 11 is 0. The standard InChI is InChI=1S/C12H19N3O2/c1-12(2,17)9-14(3)11(16)6-5-10-7-13-15(4)8-10/h5-8,17H,9H2,1-4H3. The Morgan fingerprint density at radius 3 is 2.76 bits per heavy atom. The van der Waals surface area contributed by atoms with Crippen LogP contribution in [0.25, 0.3) is 6.08 Å². The van der Waals surface area contributed by atoms with Crippen LogP contribution in [-0.4, -0.2) is 44.9 Å². The number of aromatic nitrogens is 2. The zero-order chi connectivity index (χ0) is 13.1. The molecular formula is C12H19N3O2. The van der Waals surface area contributed by atoms with Crippen molar-refractivity contribution in [3.63, 3.8) is 0 Å². The van der Waals surface area contributed by atoms with Gasteiger partial charge in [-0.1, -0.05) is 0 Å². The summed E-state index contributed by atoms with van der Waals surface area (Å²) < 4.78 is 1.67. The summed E-state index contributed by atoms with van der Waals surface area (Å²) in [5.74, 6) is -0.143. The molecule has 0 bridgehead atoms. The normalized spacial score (nSPS) is 12.1. The topological polar surface area (TPSA) is 58.4 Å². The minimum atomic E-state index is -0.882. The molecule has 0 radical (unpaired) electrons. The Morgan fingerprint density at radius 1 is 1.65 bits per heavy atom. The minimum absolute atomic E-state index is 0.143. The van der Waals surface area contributed by atoms with Crippen LogP contribution in [0.1, 0.15) is 19.4 Å². The fourth-order valence-corrected chi connectivity index (χ4v) is 1.48. The third-order valence-electron chi connectivity index (χ3n) is 2.14. The van der Waals surface area contributed by atoms with E-state index < -0.39 is 5.60 Å². The lowest BCUT2D eigenvalue weighted by molar-refractivity contribution is -0.127. The molecule has 0 spiro atoms. The van der Waals surface area contributed by atoms with Gasteiger partial charge in [0, 0.05) is 38.5 Å². The average molecular weight is 237 g/mol. The van der Waals surface area contributed by atoms with Crippen LogP contribution < -0.4 is 0 Å². The number of amides is 1. The number of likely N-dealkylation sites (N-methyl/N-ethyl adjacent to an activating group) is 1. The number of rotatable bonds is 4. The molecule has 0 aromatic carbocycles. The van der Waals surface area contributed by atoms with E-state index in [4.69, 9.17) is 0 Å². The van der Waals surface area contributed by atoms with E-state index in [1.165, 1.54) is 11.0 Å². The van der Waals surface area contributed by atoms with Crippen LogP contribution in [0.15, 0.2) is 18.5 Å². The number of carbonyl (C=O) groups is 1. The molecule has 0 atom stereocenters. The average Bonchev–Trinajstić information content (AvgIpc) is 2.58. The van der Waals surface area contributed by atoms with Crippen molar-refractivity contribution >= 4 is 12.0 Å². The van der Waals surface area contributed by atoms with Gasteiger partial charge in [-0.25, -0.2) is 0 Å². The van der Waals surface area contributed by atoms with E-state index >= 15 is 0 Å². The minimum Gasteiger partial charge on any atom is -0.389 e. The van der Waals surface area contributed by atoms with E-state index in [9.17, 15) is 9.90 Å². The van der Waals surface area contributed by atoms with Crippen molar-refractivity contribution in [1.82, 2.24) is 14.7 Å². The Kier molecular flexibility index (Phi) is 4.07. The molecule has 0 fully saturated rings. The van der Waals surface area contributed by atoms with Gasteiger partial charge < -0.3 is 10.0 Å². The zero-order valence-corrected chi connectivity index (χ0v) is 10.7. The van der Waals surface area contributed by atoms with Crippen molar-refractivity contribution < 1.29 is 9.90 Å². The monoisotopic (exact) mass is 237 g/mol. The second-order valence-electron chi connectivity index (χ2n) is 4.79. The Morgan fingerprint density at radius 2 is 2.29 bits per heavy atom. The number of carbonyl (C=O) groups excluding carboxylic acids is 1. The lowest BCUT2D eigenvalue weighted by atomic mass is 10.1. The Labute approximate surface area is 101 Å². The van der Waals surface area contributed by atoms with Gasteiger partial charge in [0.15, 0.2) is 0 Å². The van der Waals surface area contributed by atoms with Gasteiger partial charge in [-0.3, -0.25) is 9.48 Å². The van der Waals surface area contributed by atoms with Gasteiger partial charge in [0.2, 0.25) is 5.91 Å². The fraction of sp³-hybridized carbons (Fsp3) is 0.500. The van der Waals surface area contributed by atoms with E-state index in [1.807, 2.05) is 13.2 Å². The van der Waals surface area contributed by atoms with Gasteiger partial charge in [0.25, 0.3) is 0 Å². The van der Waals surface area contributed by atoms with Crippen LogP contribution in [0.2, 0.25) is 0 Å². The molecule has 0 aliphatic carbocycles. The summed E-state index contributed by atoms with van der Waals surface area (Å²) in [5.41, 5.74) is -0.00970. The van der Waals surface area contributed by atoms with Gasteiger partial charge in [0.1, 0.15) is 0 Å². The molecule has 0 aliphatic heterocycles. The first-order chi connectivity index (χ1) is 7.78. The summed E-state index contributed by atoms with van der Waals surface area (Å²) in [7, 11) is 3.48. The SMILES string of the molecule is CN(CC(C)(C)O)C(=O)C=Cc1cnn(C)c1. The third kappa shape index (κ3) is 4.82. The Balaban J connectivity index is 2.57. The Hall–Kier alpha value is -1.62. The first-order valence-electron chi connectivity index (χ1n) is 5.42. The molecule has 1 aromatic rings. The molecular weight excluding hydrogens is 218 g/mol. The molecule has 0 unspecified atom stereocenters. The third-order valence-corrected chi connectivity index (χ3v) is 2.14. The van der Waals surface area contributed by atoms with Gasteiger partial charge in [0.05, 0.1) is 11.8 Å². The molecule has 1 amide bonds. The summed E-state index contributed by atoms with van der Waals surface area (Å²) in [4.78, 5) is 13.2. The zero-order valence-electron chi connectivity index (χ0n) is 10.7. The predicted molar refractivity (Wildman–Crippen MR) is 66.2 cm³/mol. The summed E-state index contributed by atoms with van der Waals surface area (Å²) in [6.45, 7) is 3.63. The molecule has 1 heterocycles. The van der Waals surface area contributed by atoms with Crippen LogP contribution >= 0.6 is 0 Å². The molecule has 0 saturated heterocycles. The summed E-state index contributed by atoms with van der Waals surface area (Å²) in [6, 6.07) is 0. The van der Waals surface area contributed by atoms with E-state index in [0.29, 0.717) is 6.54 Å². The molecule has 0 saturated carbocycles. The van der Waals surface area contributed by atoms with Gasteiger partial charge in [-0.2, -0.15) is 5.10 Å². The fourth-order valence-electron chi connectivity index (χ4n) is 1.48. The molecule has 5 heteroatoms. The van der Waals surface area contributed by atoms with E-state index in [1.54, 1.807) is 37.8 Å². The molecule has 1 rings (SSSR count). The number of hydrogen-bond donors (Lipinski definition) is 1. The maximum absolute atomic E-state index is 11.7. The predicted octanol–water partition coefficient (Wildman–Crippen LogP) is 0.663. The van der Waals surface area contributed by atoms with Crippen LogP contribution in [-0.2, 0) is 11.8 Å². The second-order valence-corrected chi connectivity index (χ2v) is 4.79. The van der Waals surface area contributed by atoms with E-state index in [2.05, 4.69) is 5.10 Å². The molecule has 94 valence electrons. The smallest absolute Gasteiger partial charge is 0.246 e. The molecule has 1 aromatic heterocycles. The first kappa shape index (κ1) is 13.4.